The Balaban J connectivity index is 0. The van der Waals surface area contributed by atoms with E-state index in [0.717, 1.165) is 36.6 Å². The van der Waals surface area contributed by atoms with Crippen LogP contribution in [0.25, 0.3) is 5.70 Å². The fourth-order valence-electron chi connectivity index (χ4n) is 2.70. The number of aryl methyl sites for hydroxylation is 1. The molecule has 0 aliphatic heterocycles. The third kappa shape index (κ3) is 16.6. The van der Waals surface area contributed by atoms with Gasteiger partial charge < -0.3 is 5.32 Å². The number of allylic oxidation sites excluding steroid dienone is 4. The zero-order valence-electron chi connectivity index (χ0n) is 24.6. The van der Waals surface area contributed by atoms with Gasteiger partial charge in [-0.3, -0.25) is 0 Å². The lowest BCUT2D eigenvalue weighted by molar-refractivity contribution is 0.699. The predicted octanol–water partition coefficient (Wildman–Crippen LogP) is 11.9. The van der Waals surface area contributed by atoms with Gasteiger partial charge in [0.05, 0.1) is 10.6 Å². The van der Waals surface area contributed by atoms with Crippen molar-refractivity contribution in [2.75, 3.05) is 6.54 Å². The van der Waals surface area contributed by atoms with E-state index in [0.29, 0.717) is 5.92 Å². The van der Waals surface area contributed by atoms with Crippen molar-refractivity contribution in [2.45, 2.75) is 108 Å². The third-order valence-corrected chi connectivity index (χ3v) is 8.48. The molecule has 0 aliphatic rings. The van der Waals surface area contributed by atoms with Gasteiger partial charge in [-0.25, -0.2) is 0 Å². The highest BCUT2D eigenvalue weighted by Gasteiger charge is 2.15. The van der Waals surface area contributed by atoms with Gasteiger partial charge in [0.2, 0.25) is 0 Å². The molecule has 0 bridgehead atoms. The van der Waals surface area contributed by atoms with Gasteiger partial charge in [0.1, 0.15) is 0 Å². The molecular weight excluding hydrogens is 530 g/mol. The third-order valence-electron chi connectivity index (χ3n) is 4.90. The molecule has 202 valence electrons. The van der Waals surface area contributed by atoms with E-state index in [9.17, 15) is 0 Å². The highest BCUT2D eigenvalue weighted by atomic mass is 79.9. The normalized spacial score (nSPS) is 12.7. The molecule has 0 saturated carbocycles. The number of nitrogens with one attached hydrogen (secondary N) is 1. The minimum absolute atomic E-state index is 0.619. The van der Waals surface area contributed by atoms with Gasteiger partial charge in [0.25, 0.3) is 0 Å². The first-order valence-electron chi connectivity index (χ1n) is 13.5. The Kier molecular flexibility index (Phi) is 23.4. The predicted molar refractivity (Wildman–Crippen MR) is 173 cm³/mol. The first-order valence-corrected chi connectivity index (χ1v) is 16.0. The maximum absolute atomic E-state index is 4.25. The molecule has 1 rings (SSSR count). The molecule has 1 aromatic heterocycles. The first-order chi connectivity index (χ1) is 16.6. The quantitative estimate of drug-likeness (QED) is 0.231. The van der Waals surface area contributed by atoms with Crippen LogP contribution in [0.4, 0.5) is 0 Å². The van der Waals surface area contributed by atoms with Crippen molar-refractivity contribution < 1.29 is 0 Å². The molecule has 0 amide bonds. The molecule has 4 heteroatoms. The Morgan fingerprint density at radius 1 is 1.11 bits per heavy atom. The fourth-order valence-corrected chi connectivity index (χ4v) is 5.37. The summed E-state index contributed by atoms with van der Waals surface area (Å²) < 4.78 is 1.26. The summed E-state index contributed by atoms with van der Waals surface area (Å²) in [7, 11) is 0. The monoisotopic (exact) mass is 583 g/mol. The Morgan fingerprint density at radius 2 is 1.71 bits per heavy atom. The van der Waals surface area contributed by atoms with E-state index < -0.39 is 0 Å². The van der Waals surface area contributed by atoms with E-state index in [2.05, 4.69) is 114 Å². The lowest BCUT2D eigenvalue weighted by Crippen LogP contribution is -2.14. The zero-order valence-corrected chi connectivity index (χ0v) is 27.8. The lowest BCUT2D eigenvalue weighted by Gasteiger charge is -2.13. The summed E-state index contributed by atoms with van der Waals surface area (Å²) in [6.07, 6.45) is 12.6. The first kappa shape index (κ1) is 36.4. The number of unbranched alkanes of at least 4 members (excludes halogenated alkanes) is 1. The molecule has 1 nitrogen and oxygen atoms in total. The summed E-state index contributed by atoms with van der Waals surface area (Å²) in [6, 6.07) is 0. The molecule has 0 aromatic carbocycles. The van der Waals surface area contributed by atoms with E-state index in [1.807, 2.05) is 25.2 Å². The number of thiophene rings is 1. The fraction of sp³-hybridized carbons (Fsp3) is 0.613. The molecule has 1 unspecified atom stereocenters. The molecule has 0 aliphatic carbocycles. The van der Waals surface area contributed by atoms with Crippen molar-refractivity contribution in [3.63, 3.8) is 0 Å². The Bertz CT molecular complexity index is 781. The van der Waals surface area contributed by atoms with E-state index in [4.69, 9.17) is 0 Å². The van der Waals surface area contributed by atoms with Crippen molar-refractivity contribution >= 4 is 44.7 Å². The summed E-state index contributed by atoms with van der Waals surface area (Å²) in [5, 5.41) is 5.87. The van der Waals surface area contributed by atoms with Crippen molar-refractivity contribution in [2.24, 2.45) is 11.8 Å². The van der Waals surface area contributed by atoms with Crippen molar-refractivity contribution in [1.29, 1.82) is 0 Å². The molecule has 1 heterocycles. The molecule has 1 N–H and O–H groups in total. The standard InChI is InChI=1S/C25H38BrNS2.C4H10.C2H6/c1-8-12-13-21(10-3)16-22(25-20(7)24(26)23(11-4)29-25)27-17-19(6)28-15-14-18(5)9-2;1-4(2)3;1-2/h13-16,18,27H,6,8-12,17H2,1-5,7H3;4H,1-3H3;1-2H3/b15-14-,21-13+,22-16+;;. The van der Waals surface area contributed by atoms with Crippen molar-refractivity contribution in [3.05, 3.63) is 60.5 Å². The zero-order chi connectivity index (χ0) is 27.4. The largest absolute Gasteiger partial charge is 0.379 e. The summed E-state index contributed by atoms with van der Waals surface area (Å²) in [5.41, 5.74) is 3.93. The second kappa shape index (κ2) is 22.5. The second-order valence-electron chi connectivity index (χ2n) is 9.08. The van der Waals surface area contributed by atoms with Crippen LogP contribution in [0.1, 0.15) is 110 Å². The van der Waals surface area contributed by atoms with Gasteiger partial charge in [-0.15, -0.1) is 23.1 Å². The summed E-state index contributed by atoms with van der Waals surface area (Å²) in [5.74, 6) is 1.45. The topological polar surface area (TPSA) is 12.0 Å². The van der Waals surface area contributed by atoms with Crippen LogP contribution < -0.4 is 5.32 Å². The molecule has 0 saturated heterocycles. The Morgan fingerprint density at radius 3 is 2.17 bits per heavy atom. The summed E-state index contributed by atoms with van der Waals surface area (Å²) in [6.45, 7) is 28.9. The average molecular weight is 585 g/mol. The number of hydrogen-bond acceptors (Lipinski definition) is 3. The molecule has 0 radical (unpaired) electrons. The van der Waals surface area contributed by atoms with Gasteiger partial charge in [0, 0.05) is 20.8 Å². The van der Waals surface area contributed by atoms with Crippen molar-refractivity contribution in [3.8, 4) is 0 Å². The SMILES string of the molecule is C=C(CN/C(=C/C(=C/CCC)CC)c1sc(CC)c(Br)c1C)S/C=C\C(C)CC.CC.CC(C)C. The van der Waals surface area contributed by atoms with Gasteiger partial charge >= 0.3 is 0 Å². The average Bonchev–Trinajstić information content (AvgIpc) is 3.13. The highest BCUT2D eigenvalue weighted by Crippen LogP contribution is 2.37. The number of rotatable bonds is 13. The van der Waals surface area contributed by atoms with Crippen LogP contribution in [0.2, 0.25) is 0 Å². The van der Waals surface area contributed by atoms with Gasteiger partial charge in [-0.1, -0.05) is 106 Å². The van der Waals surface area contributed by atoms with E-state index in [1.165, 1.54) is 43.9 Å². The molecule has 1 atom stereocenters. The van der Waals surface area contributed by atoms with Crippen LogP contribution in [0.5, 0.6) is 0 Å². The number of halogens is 1. The van der Waals surface area contributed by atoms with Crippen LogP contribution in [0.15, 0.2) is 45.2 Å². The molecule has 35 heavy (non-hydrogen) atoms. The van der Waals surface area contributed by atoms with Gasteiger partial charge in [0.15, 0.2) is 0 Å². The van der Waals surface area contributed by atoms with Crippen LogP contribution >= 0.6 is 39.0 Å². The molecule has 0 fully saturated rings. The lowest BCUT2D eigenvalue weighted by atomic mass is 10.1. The van der Waals surface area contributed by atoms with Crippen LogP contribution in [0, 0.1) is 18.8 Å². The maximum atomic E-state index is 4.25. The number of hydrogen-bond donors (Lipinski definition) is 1. The van der Waals surface area contributed by atoms with Crippen molar-refractivity contribution in [1.82, 2.24) is 5.32 Å². The maximum Gasteiger partial charge on any atom is 0.0545 e. The number of thioether (sulfide) groups is 1. The summed E-state index contributed by atoms with van der Waals surface area (Å²) >= 11 is 7.42. The second-order valence-corrected chi connectivity index (χ2v) is 12.1. The Hall–Kier alpha value is -0.710. The molecule has 0 spiro atoms. The van der Waals surface area contributed by atoms with Gasteiger partial charge in [-0.05, 0) is 71.0 Å². The van der Waals surface area contributed by atoms with E-state index in [-0.39, 0.29) is 0 Å². The van der Waals surface area contributed by atoms with Crippen LogP contribution in [-0.2, 0) is 6.42 Å². The van der Waals surface area contributed by atoms with E-state index >= 15 is 0 Å². The minimum Gasteiger partial charge on any atom is -0.379 e. The van der Waals surface area contributed by atoms with Crippen LogP contribution in [0.3, 0.4) is 0 Å². The molecule has 1 aromatic rings. The van der Waals surface area contributed by atoms with Gasteiger partial charge in [-0.2, -0.15) is 0 Å². The smallest absolute Gasteiger partial charge is 0.0545 e. The minimum atomic E-state index is 0.619. The van der Waals surface area contributed by atoms with E-state index in [1.54, 1.807) is 11.8 Å². The van der Waals surface area contributed by atoms with Crippen LogP contribution in [-0.4, -0.2) is 6.54 Å². The highest BCUT2D eigenvalue weighted by molar-refractivity contribution is 9.10. The summed E-state index contributed by atoms with van der Waals surface area (Å²) in [4.78, 5) is 3.87. The Labute approximate surface area is 236 Å². The molecular formula is C31H54BrNS2.